The number of aromatic nitrogens is 2. The van der Waals surface area contributed by atoms with Crippen molar-refractivity contribution in [2.75, 3.05) is 17.2 Å². The van der Waals surface area contributed by atoms with Crippen LogP contribution in [0.5, 0.6) is 5.75 Å². The molecule has 0 saturated heterocycles. The SMILES string of the molecule is CC(C)[C@@H](CO)Nc1nc(Nc2cc(Cl)ccc2O)cc(C2CC2)n1. The second-order valence-electron chi connectivity index (χ2n) is 6.74. The summed E-state index contributed by atoms with van der Waals surface area (Å²) in [6, 6.07) is 6.58. The van der Waals surface area contributed by atoms with Crippen molar-refractivity contribution in [1.82, 2.24) is 9.97 Å². The van der Waals surface area contributed by atoms with Crippen LogP contribution < -0.4 is 10.6 Å². The van der Waals surface area contributed by atoms with E-state index in [-0.39, 0.29) is 24.3 Å². The Morgan fingerprint density at radius 1 is 1.24 bits per heavy atom. The van der Waals surface area contributed by atoms with E-state index in [1.807, 2.05) is 19.9 Å². The number of hydrogen-bond acceptors (Lipinski definition) is 6. The highest BCUT2D eigenvalue weighted by Crippen LogP contribution is 2.40. The van der Waals surface area contributed by atoms with Gasteiger partial charge in [-0.1, -0.05) is 25.4 Å². The highest BCUT2D eigenvalue weighted by molar-refractivity contribution is 6.30. The first-order valence-electron chi connectivity index (χ1n) is 8.48. The average Bonchev–Trinajstić information content (AvgIpc) is 3.40. The van der Waals surface area contributed by atoms with Gasteiger partial charge in [0, 0.05) is 17.0 Å². The van der Waals surface area contributed by atoms with Gasteiger partial charge in [0.15, 0.2) is 0 Å². The molecule has 2 aromatic rings. The van der Waals surface area contributed by atoms with Crippen molar-refractivity contribution in [2.45, 2.75) is 38.6 Å². The number of halogens is 1. The van der Waals surface area contributed by atoms with Crippen LogP contribution >= 0.6 is 11.6 Å². The van der Waals surface area contributed by atoms with E-state index < -0.39 is 0 Å². The lowest BCUT2D eigenvalue weighted by Gasteiger charge is -2.20. The van der Waals surface area contributed by atoms with Crippen LogP contribution in [0.1, 0.15) is 38.3 Å². The van der Waals surface area contributed by atoms with E-state index >= 15 is 0 Å². The summed E-state index contributed by atoms with van der Waals surface area (Å²) >= 11 is 6.00. The summed E-state index contributed by atoms with van der Waals surface area (Å²) in [6.45, 7) is 4.07. The van der Waals surface area contributed by atoms with Gasteiger partial charge in [0.2, 0.25) is 5.95 Å². The number of aromatic hydroxyl groups is 1. The van der Waals surface area contributed by atoms with Crippen LogP contribution in [0.25, 0.3) is 0 Å². The van der Waals surface area contributed by atoms with Gasteiger partial charge in [0.25, 0.3) is 0 Å². The van der Waals surface area contributed by atoms with Crippen molar-refractivity contribution in [3.63, 3.8) is 0 Å². The van der Waals surface area contributed by atoms with E-state index in [1.165, 1.54) is 6.07 Å². The van der Waals surface area contributed by atoms with Gasteiger partial charge in [-0.3, -0.25) is 0 Å². The molecule has 7 heteroatoms. The maximum Gasteiger partial charge on any atom is 0.225 e. The second-order valence-corrected chi connectivity index (χ2v) is 7.18. The van der Waals surface area contributed by atoms with Gasteiger partial charge in [-0.05, 0) is 37.0 Å². The molecule has 25 heavy (non-hydrogen) atoms. The van der Waals surface area contributed by atoms with Gasteiger partial charge in [-0.25, -0.2) is 4.98 Å². The van der Waals surface area contributed by atoms with Crippen LogP contribution in [0.3, 0.4) is 0 Å². The Labute approximate surface area is 152 Å². The van der Waals surface area contributed by atoms with Gasteiger partial charge in [0.05, 0.1) is 24.0 Å². The monoisotopic (exact) mass is 362 g/mol. The zero-order valence-electron chi connectivity index (χ0n) is 14.3. The highest BCUT2D eigenvalue weighted by Gasteiger charge is 2.27. The van der Waals surface area contributed by atoms with Crippen LogP contribution in [0.2, 0.25) is 5.02 Å². The predicted molar refractivity (Wildman–Crippen MR) is 99.7 cm³/mol. The zero-order chi connectivity index (χ0) is 18.0. The molecule has 0 unspecified atom stereocenters. The minimum absolute atomic E-state index is 0.00647. The van der Waals surface area contributed by atoms with Gasteiger partial charge >= 0.3 is 0 Å². The molecule has 1 aliphatic carbocycles. The van der Waals surface area contributed by atoms with Gasteiger partial charge < -0.3 is 20.8 Å². The first kappa shape index (κ1) is 17.8. The van der Waals surface area contributed by atoms with E-state index in [2.05, 4.69) is 20.6 Å². The number of nitrogens with zero attached hydrogens (tertiary/aromatic N) is 2. The van der Waals surface area contributed by atoms with E-state index in [1.54, 1.807) is 12.1 Å². The summed E-state index contributed by atoms with van der Waals surface area (Å²) in [5, 5.41) is 26.4. The standard InChI is InChI=1S/C18H23ClN4O2/c1-10(2)15(9-24)22-18-21-13(11-3-4-11)8-17(23-18)20-14-7-12(19)5-6-16(14)25/h5-8,10-11,15,24-25H,3-4,9H2,1-2H3,(H2,20,21,22,23)/t15-/m1/s1. The normalized spacial score (nSPS) is 15.2. The number of benzene rings is 1. The molecule has 0 aliphatic heterocycles. The van der Waals surface area contributed by atoms with E-state index in [9.17, 15) is 10.2 Å². The lowest BCUT2D eigenvalue weighted by Crippen LogP contribution is -2.30. The first-order valence-corrected chi connectivity index (χ1v) is 8.86. The molecule has 0 amide bonds. The Morgan fingerprint density at radius 3 is 2.64 bits per heavy atom. The Kier molecular flexibility index (Phi) is 5.30. The lowest BCUT2D eigenvalue weighted by molar-refractivity contribution is 0.248. The Balaban J connectivity index is 1.89. The molecule has 1 aromatic carbocycles. The summed E-state index contributed by atoms with van der Waals surface area (Å²) < 4.78 is 0. The molecule has 6 nitrogen and oxygen atoms in total. The van der Waals surface area contributed by atoms with Gasteiger partial charge in [-0.15, -0.1) is 0 Å². The molecule has 4 N–H and O–H groups in total. The zero-order valence-corrected chi connectivity index (χ0v) is 15.1. The molecule has 3 rings (SSSR count). The number of phenols is 1. The van der Waals surface area contributed by atoms with Crippen LogP contribution in [0, 0.1) is 5.92 Å². The maximum atomic E-state index is 10.00. The van der Waals surface area contributed by atoms with Crippen molar-refractivity contribution in [1.29, 1.82) is 0 Å². The molecule has 1 fully saturated rings. The Bertz CT molecular complexity index is 750. The Hall–Kier alpha value is -2.05. The fraction of sp³-hybridized carbons (Fsp3) is 0.444. The molecule has 1 aromatic heterocycles. The summed E-state index contributed by atoms with van der Waals surface area (Å²) in [5.41, 5.74) is 1.45. The molecular formula is C18H23ClN4O2. The quantitative estimate of drug-likeness (QED) is 0.559. The second kappa shape index (κ2) is 7.45. The van der Waals surface area contributed by atoms with Crippen molar-refractivity contribution in [3.8, 4) is 5.75 Å². The number of aliphatic hydroxyl groups is 1. The number of nitrogens with one attached hydrogen (secondary N) is 2. The minimum Gasteiger partial charge on any atom is -0.506 e. The fourth-order valence-electron chi connectivity index (χ4n) is 2.52. The molecule has 0 radical (unpaired) electrons. The minimum atomic E-state index is -0.123. The summed E-state index contributed by atoms with van der Waals surface area (Å²) in [4.78, 5) is 9.07. The summed E-state index contributed by atoms with van der Waals surface area (Å²) in [6.07, 6.45) is 2.23. The van der Waals surface area contributed by atoms with Crippen molar-refractivity contribution in [2.24, 2.45) is 5.92 Å². The molecule has 134 valence electrons. The summed E-state index contributed by atoms with van der Waals surface area (Å²) in [5.74, 6) is 1.84. The topological polar surface area (TPSA) is 90.3 Å². The highest BCUT2D eigenvalue weighted by atomic mass is 35.5. The average molecular weight is 363 g/mol. The molecule has 1 atom stereocenters. The van der Waals surface area contributed by atoms with Crippen molar-refractivity contribution >= 4 is 29.1 Å². The molecular weight excluding hydrogens is 340 g/mol. The molecule has 0 bridgehead atoms. The van der Waals surface area contributed by atoms with E-state index in [4.69, 9.17) is 11.6 Å². The van der Waals surface area contributed by atoms with E-state index in [0.29, 0.717) is 28.4 Å². The third kappa shape index (κ3) is 4.52. The number of anilines is 3. The lowest BCUT2D eigenvalue weighted by atomic mass is 10.1. The van der Waals surface area contributed by atoms with Gasteiger partial charge in [-0.2, -0.15) is 4.98 Å². The number of phenolic OH excluding ortho intramolecular Hbond substituents is 1. The largest absolute Gasteiger partial charge is 0.506 e. The summed E-state index contributed by atoms with van der Waals surface area (Å²) in [7, 11) is 0. The Morgan fingerprint density at radius 2 is 2.00 bits per heavy atom. The maximum absolute atomic E-state index is 10.00. The number of aliphatic hydroxyl groups excluding tert-OH is 1. The van der Waals surface area contributed by atoms with Crippen molar-refractivity contribution in [3.05, 3.63) is 35.0 Å². The van der Waals surface area contributed by atoms with Crippen molar-refractivity contribution < 1.29 is 10.2 Å². The fourth-order valence-corrected chi connectivity index (χ4v) is 2.69. The molecule has 0 spiro atoms. The third-order valence-corrected chi connectivity index (χ3v) is 4.51. The molecule has 1 saturated carbocycles. The predicted octanol–water partition coefficient (Wildman–Crippen LogP) is 3.89. The van der Waals surface area contributed by atoms with Crippen LogP contribution in [-0.4, -0.2) is 32.8 Å². The first-order chi connectivity index (χ1) is 12.0. The third-order valence-electron chi connectivity index (χ3n) is 4.28. The number of hydrogen-bond donors (Lipinski definition) is 4. The van der Waals surface area contributed by atoms with E-state index in [0.717, 1.165) is 18.5 Å². The van der Waals surface area contributed by atoms with Gasteiger partial charge in [0.1, 0.15) is 11.6 Å². The van der Waals surface area contributed by atoms with Crippen LogP contribution in [-0.2, 0) is 0 Å². The molecule has 1 heterocycles. The van der Waals surface area contributed by atoms with Crippen LogP contribution in [0.15, 0.2) is 24.3 Å². The molecule has 1 aliphatic rings. The smallest absolute Gasteiger partial charge is 0.225 e. The number of rotatable bonds is 7. The van der Waals surface area contributed by atoms with Crippen LogP contribution in [0.4, 0.5) is 17.5 Å².